The summed E-state index contributed by atoms with van der Waals surface area (Å²) in [7, 11) is 0. The van der Waals surface area contributed by atoms with Gasteiger partial charge in [0.1, 0.15) is 0 Å². The average molecular weight is 321 g/mol. The summed E-state index contributed by atoms with van der Waals surface area (Å²) in [5.41, 5.74) is 0.889. The molecule has 1 amide bonds. The van der Waals surface area contributed by atoms with Gasteiger partial charge in [-0.1, -0.05) is 6.92 Å². The zero-order chi connectivity index (χ0) is 16.4. The van der Waals surface area contributed by atoms with E-state index in [1.807, 2.05) is 4.68 Å². The van der Waals surface area contributed by atoms with Crippen molar-refractivity contribution in [2.45, 2.75) is 63.5 Å². The molecule has 6 heteroatoms. The summed E-state index contributed by atoms with van der Waals surface area (Å²) >= 11 is 0. The molecule has 2 N–H and O–H groups in total. The maximum Gasteiger partial charge on any atom is 0.254 e. The van der Waals surface area contributed by atoms with Crippen molar-refractivity contribution in [3.05, 3.63) is 17.5 Å². The lowest BCUT2D eigenvalue weighted by Crippen LogP contribution is -2.46. The first-order valence-electron chi connectivity index (χ1n) is 8.70. The minimum Gasteiger partial charge on any atom is -0.388 e. The van der Waals surface area contributed by atoms with Crippen molar-refractivity contribution in [2.75, 3.05) is 19.8 Å². The molecule has 1 aliphatic carbocycles. The second kappa shape index (κ2) is 6.61. The third-order valence-corrected chi connectivity index (χ3v) is 5.05. The Bertz CT molecular complexity index is 559. The molecule has 1 aromatic heterocycles. The first-order valence-corrected chi connectivity index (χ1v) is 8.70. The summed E-state index contributed by atoms with van der Waals surface area (Å²) in [4.78, 5) is 12.6. The van der Waals surface area contributed by atoms with E-state index in [9.17, 15) is 9.90 Å². The summed E-state index contributed by atoms with van der Waals surface area (Å²) in [6.45, 7) is 5.62. The summed E-state index contributed by atoms with van der Waals surface area (Å²) in [5.74, 6) is 0.333. The first kappa shape index (κ1) is 16.5. The molecular formula is C17H27N3O3. The van der Waals surface area contributed by atoms with Crippen molar-refractivity contribution in [1.29, 1.82) is 0 Å². The number of nitrogens with zero attached hydrogens (tertiary/aromatic N) is 2. The largest absolute Gasteiger partial charge is 0.388 e. The molecule has 6 nitrogen and oxygen atoms in total. The average Bonchev–Trinajstić information content (AvgIpc) is 3.31. The van der Waals surface area contributed by atoms with Crippen LogP contribution in [0.15, 0.2) is 6.20 Å². The van der Waals surface area contributed by atoms with Crippen molar-refractivity contribution >= 4 is 5.91 Å². The Balaban J connectivity index is 1.71. The standard InChI is InChI=1S/C17H27N3O3/c1-3-12(2)20-15(13-4-5-13)14(10-19-20)16(21)18-11-17(22)6-8-23-9-7-17/h10,12-13,22H,3-9,11H2,1-2H3,(H,18,21). The van der Waals surface area contributed by atoms with Crippen molar-refractivity contribution in [3.63, 3.8) is 0 Å². The van der Waals surface area contributed by atoms with E-state index in [0.29, 0.717) is 43.6 Å². The lowest BCUT2D eigenvalue weighted by molar-refractivity contribution is -0.0605. The molecule has 0 radical (unpaired) electrons. The molecule has 1 saturated heterocycles. The highest BCUT2D eigenvalue weighted by atomic mass is 16.5. The van der Waals surface area contributed by atoms with Crippen molar-refractivity contribution in [1.82, 2.24) is 15.1 Å². The van der Waals surface area contributed by atoms with Crippen molar-refractivity contribution < 1.29 is 14.6 Å². The quantitative estimate of drug-likeness (QED) is 0.840. The molecule has 23 heavy (non-hydrogen) atoms. The fourth-order valence-electron chi connectivity index (χ4n) is 3.10. The number of aliphatic hydroxyl groups is 1. The van der Waals surface area contributed by atoms with Gasteiger partial charge in [0.15, 0.2) is 0 Å². The maximum absolute atomic E-state index is 12.6. The third-order valence-electron chi connectivity index (χ3n) is 5.05. The molecule has 2 aliphatic rings. The van der Waals surface area contributed by atoms with Gasteiger partial charge in [0.2, 0.25) is 0 Å². The molecule has 1 saturated carbocycles. The summed E-state index contributed by atoms with van der Waals surface area (Å²) in [6.07, 6.45) is 6.06. The van der Waals surface area contributed by atoms with Crippen LogP contribution in [0.25, 0.3) is 0 Å². The fraction of sp³-hybridized carbons (Fsp3) is 0.765. The SMILES string of the molecule is CCC(C)n1ncc(C(=O)NCC2(O)CCOCC2)c1C1CC1. The van der Waals surface area contributed by atoms with Crippen LogP contribution in [-0.4, -0.2) is 46.2 Å². The molecule has 1 unspecified atom stereocenters. The Morgan fingerprint density at radius 2 is 2.22 bits per heavy atom. The third kappa shape index (κ3) is 3.58. The first-order chi connectivity index (χ1) is 11.0. The minimum absolute atomic E-state index is 0.124. The second-order valence-corrected chi connectivity index (χ2v) is 6.94. The van der Waals surface area contributed by atoms with Gasteiger partial charge in [-0.15, -0.1) is 0 Å². The van der Waals surface area contributed by atoms with E-state index in [-0.39, 0.29) is 12.5 Å². The van der Waals surface area contributed by atoms with Gasteiger partial charge in [-0.25, -0.2) is 0 Å². The number of amides is 1. The van der Waals surface area contributed by atoms with Gasteiger partial charge in [-0.2, -0.15) is 5.10 Å². The van der Waals surface area contributed by atoms with Gasteiger partial charge in [-0.05, 0) is 26.2 Å². The molecule has 128 valence electrons. The Labute approximate surface area is 137 Å². The Morgan fingerprint density at radius 1 is 1.52 bits per heavy atom. The van der Waals surface area contributed by atoms with E-state index in [1.165, 1.54) is 0 Å². The van der Waals surface area contributed by atoms with Crippen LogP contribution in [-0.2, 0) is 4.74 Å². The molecule has 2 heterocycles. The normalized spacial score (nSPS) is 21.9. The van der Waals surface area contributed by atoms with Gasteiger partial charge in [0.25, 0.3) is 5.91 Å². The topological polar surface area (TPSA) is 76.4 Å². The number of nitrogens with one attached hydrogen (secondary N) is 1. The number of ether oxygens (including phenoxy) is 1. The Hall–Kier alpha value is -1.40. The number of aromatic nitrogens is 2. The maximum atomic E-state index is 12.6. The van der Waals surface area contributed by atoms with E-state index in [2.05, 4.69) is 24.3 Å². The number of rotatable bonds is 6. The van der Waals surface area contributed by atoms with Crippen LogP contribution in [0, 0.1) is 0 Å². The van der Waals surface area contributed by atoms with E-state index in [4.69, 9.17) is 4.74 Å². The van der Waals surface area contributed by atoms with Crippen LogP contribution in [0.1, 0.15) is 74.0 Å². The van der Waals surface area contributed by atoms with Crippen LogP contribution >= 0.6 is 0 Å². The highest BCUT2D eigenvalue weighted by molar-refractivity contribution is 5.95. The number of hydrogen-bond acceptors (Lipinski definition) is 4. The van der Waals surface area contributed by atoms with Crippen LogP contribution in [0.5, 0.6) is 0 Å². The Kier molecular flexibility index (Phi) is 4.73. The molecule has 2 fully saturated rings. The minimum atomic E-state index is -0.847. The fourth-order valence-corrected chi connectivity index (χ4v) is 3.10. The lowest BCUT2D eigenvalue weighted by Gasteiger charge is -2.32. The molecule has 0 spiro atoms. The van der Waals surface area contributed by atoms with Gasteiger partial charge in [0, 0.05) is 44.6 Å². The highest BCUT2D eigenvalue weighted by Crippen LogP contribution is 2.42. The van der Waals surface area contributed by atoms with E-state index in [0.717, 1.165) is 25.0 Å². The molecule has 1 aromatic rings. The zero-order valence-electron chi connectivity index (χ0n) is 14.0. The summed E-state index contributed by atoms with van der Waals surface area (Å²) in [5, 5.41) is 17.8. The summed E-state index contributed by atoms with van der Waals surface area (Å²) in [6, 6.07) is 0.298. The number of carbonyl (C=O) groups is 1. The lowest BCUT2D eigenvalue weighted by atomic mass is 9.94. The second-order valence-electron chi connectivity index (χ2n) is 6.94. The predicted molar refractivity (Wildman–Crippen MR) is 86.5 cm³/mol. The van der Waals surface area contributed by atoms with Gasteiger partial charge >= 0.3 is 0 Å². The molecular weight excluding hydrogens is 294 g/mol. The predicted octanol–water partition coefficient (Wildman–Crippen LogP) is 2.00. The molecule has 0 bridgehead atoms. The van der Waals surface area contributed by atoms with Crippen molar-refractivity contribution in [3.8, 4) is 0 Å². The molecule has 3 rings (SSSR count). The zero-order valence-corrected chi connectivity index (χ0v) is 14.0. The monoisotopic (exact) mass is 321 g/mol. The summed E-state index contributed by atoms with van der Waals surface area (Å²) < 4.78 is 7.28. The van der Waals surface area contributed by atoms with Crippen LogP contribution in [0.3, 0.4) is 0 Å². The highest BCUT2D eigenvalue weighted by Gasteiger charge is 2.35. The van der Waals surface area contributed by atoms with Gasteiger partial charge in [-0.3, -0.25) is 9.48 Å². The number of hydrogen-bond donors (Lipinski definition) is 2. The molecule has 0 aromatic carbocycles. The van der Waals surface area contributed by atoms with E-state index >= 15 is 0 Å². The molecule has 1 aliphatic heterocycles. The number of carbonyl (C=O) groups excluding carboxylic acids is 1. The Morgan fingerprint density at radius 3 is 2.83 bits per heavy atom. The van der Waals surface area contributed by atoms with Crippen LogP contribution < -0.4 is 5.32 Å². The van der Waals surface area contributed by atoms with E-state index < -0.39 is 5.60 Å². The van der Waals surface area contributed by atoms with Gasteiger partial charge < -0.3 is 15.2 Å². The van der Waals surface area contributed by atoms with E-state index in [1.54, 1.807) is 6.20 Å². The van der Waals surface area contributed by atoms with Gasteiger partial charge in [0.05, 0.1) is 23.1 Å². The van der Waals surface area contributed by atoms with Crippen LogP contribution in [0.4, 0.5) is 0 Å². The van der Waals surface area contributed by atoms with Crippen molar-refractivity contribution in [2.24, 2.45) is 0 Å². The smallest absolute Gasteiger partial charge is 0.254 e. The van der Waals surface area contributed by atoms with Crippen LogP contribution in [0.2, 0.25) is 0 Å². The molecule has 1 atom stereocenters.